The van der Waals surface area contributed by atoms with Gasteiger partial charge in [0.15, 0.2) is 0 Å². The Morgan fingerprint density at radius 3 is 2.22 bits per heavy atom. The maximum Gasteiger partial charge on any atom is 0.0613 e. The molecule has 3 heteroatoms. The normalized spacial score (nSPS) is 15.0. The summed E-state index contributed by atoms with van der Waals surface area (Å²) in [6, 6.07) is 0. The monoisotopic (exact) mass is 258 g/mol. The van der Waals surface area contributed by atoms with Crippen molar-refractivity contribution in [2.75, 3.05) is 33.3 Å². The highest BCUT2D eigenvalue weighted by Crippen LogP contribution is 2.17. The van der Waals surface area contributed by atoms with Crippen molar-refractivity contribution >= 4 is 0 Å². The summed E-state index contributed by atoms with van der Waals surface area (Å²) in [4.78, 5) is 2.40. The number of hydrogen-bond donors (Lipinski definition) is 2. The van der Waals surface area contributed by atoms with Gasteiger partial charge in [0.25, 0.3) is 0 Å². The SMILES string of the molecule is CCCCN(C)CCCC(CC)(CO)NCCC. The highest BCUT2D eigenvalue weighted by molar-refractivity contribution is 4.86. The lowest BCUT2D eigenvalue weighted by Gasteiger charge is -2.33. The molecule has 110 valence electrons. The molecule has 0 aromatic carbocycles. The van der Waals surface area contributed by atoms with Crippen LogP contribution >= 0.6 is 0 Å². The Labute approximate surface area is 114 Å². The van der Waals surface area contributed by atoms with Crippen LogP contribution in [-0.4, -0.2) is 48.8 Å². The van der Waals surface area contributed by atoms with Gasteiger partial charge in [-0.1, -0.05) is 27.2 Å². The standard InChI is InChI=1S/C15H34N2O/c1-5-8-12-17(4)13-9-10-15(7-3,14-18)16-11-6-2/h16,18H,5-14H2,1-4H3. The zero-order valence-electron chi connectivity index (χ0n) is 13.0. The second-order valence-electron chi connectivity index (χ2n) is 5.48. The fourth-order valence-corrected chi connectivity index (χ4v) is 2.25. The van der Waals surface area contributed by atoms with Gasteiger partial charge in [-0.2, -0.15) is 0 Å². The number of unbranched alkanes of at least 4 members (excludes halogenated alkanes) is 1. The van der Waals surface area contributed by atoms with Crippen LogP contribution in [0, 0.1) is 0 Å². The molecule has 3 nitrogen and oxygen atoms in total. The smallest absolute Gasteiger partial charge is 0.0613 e. The van der Waals surface area contributed by atoms with E-state index < -0.39 is 0 Å². The van der Waals surface area contributed by atoms with Crippen LogP contribution in [0.4, 0.5) is 0 Å². The molecule has 0 rings (SSSR count). The lowest BCUT2D eigenvalue weighted by Crippen LogP contribution is -2.48. The second-order valence-corrected chi connectivity index (χ2v) is 5.48. The number of aliphatic hydroxyl groups excluding tert-OH is 1. The minimum atomic E-state index is -0.0540. The molecule has 0 spiro atoms. The summed E-state index contributed by atoms with van der Waals surface area (Å²) in [6.07, 6.45) is 6.89. The zero-order valence-corrected chi connectivity index (χ0v) is 13.0. The summed E-state index contributed by atoms with van der Waals surface area (Å²) in [5.74, 6) is 0. The van der Waals surface area contributed by atoms with E-state index in [1.54, 1.807) is 0 Å². The molecule has 2 N–H and O–H groups in total. The van der Waals surface area contributed by atoms with Crippen molar-refractivity contribution in [1.82, 2.24) is 10.2 Å². The van der Waals surface area contributed by atoms with Crippen molar-refractivity contribution in [2.45, 2.75) is 64.8 Å². The van der Waals surface area contributed by atoms with Gasteiger partial charge in [-0.05, 0) is 58.8 Å². The molecule has 0 radical (unpaired) electrons. The lowest BCUT2D eigenvalue weighted by atomic mass is 9.91. The summed E-state index contributed by atoms with van der Waals surface area (Å²) < 4.78 is 0. The molecule has 0 heterocycles. The molecule has 0 saturated heterocycles. The highest BCUT2D eigenvalue weighted by atomic mass is 16.3. The number of nitrogens with zero attached hydrogens (tertiary/aromatic N) is 1. The van der Waals surface area contributed by atoms with Crippen LogP contribution in [0.5, 0.6) is 0 Å². The van der Waals surface area contributed by atoms with Gasteiger partial charge in [0.2, 0.25) is 0 Å². The van der Waals surface area contributed by atoms with E-state index in [0.29, 0.717) is 0 Å². The molecule has 0 aliphatic heterocycles. The number of hydrogen-bond acceptors (Lipinski definition) is 3. The summed E-state index contributed by atoms with van der Waals surface area (Å²) >= 11 is 0. The predicted octanol–water partition coefficient (Wildman–Crippen LogP) is 2.64. The minimum absolute atomic E-state index is 0.0540. The average Bonchev–Trinajstić information content (AvgIpc) is 2.40. The topological polar surface area (TPSA) is 35.5 Å². The lowest BCUT2D eigenvalue weighted by molar-refractivity contribution is 0.140. The molecule has 0 aliphatic carbocycles. The zero-order chi connectivity index (χ0) is 13.9. The molecule has 18 heavy (non-hydrogen) atoms. The van der Waals surface area contributed by atoms with Crippen molar-refractivity contribution < 1.29 is 5.11 Å². The third-order valence-electron chi connectivity index (χ3n) is 3.82. The Balaban J connectivity index is 3.95. The first kappa shape index (κ1) is 17.9. The fourth-order valence-electron chi connectivity index (χ4n) is 2.25. The van der Waals surface area contributed by atoms with E-state index in [1.165, 1.54) is 19.4 Å². The molecule has 0 fully saturated rings. The molecule has 0 aliphatic rings. The van der Waals surface area contributed by atoms with Crippen LogP contribution < -0.4 is 5.32 Å². The quantitative estimate of drug-likeness (QED) is 0.565. The molecule has 0 aromatic heterocycles. The molecular formula is C15H34N2O. The molecule has 1 atom stereocenters. The van der Waals surface area contributed by atoms with E-state index in [9.17, 15) is 5.11 Å². The largest absolute Gasteiger partial charge is 0.394 e. The van der Waals surface area contributed by atoms with Crippen LogP contribution in [0.1, 0.15) is 59.3 Å². The van der Waals surface area contributed by atoms with Gasteiger partial charge in [0.1, 0.15) is 0 Å². The van der Waals surface area contributed by atoms with E-state index >= 15 is 0 Å². The van der Waals surface area contributed by atoms with Gasteiger partial charge in [0.05, 0.1) is 6.61 Å². The number of nitrogens with one attached hydrogen (secondary N) is 1. The van der Waals surface area contributed by atoms with E-state index in [0.717, 1.165) is 38.8 Å². The predicted molar refractivity (Wildman–Crippen MR) is 80.0 cm³/mol. The summed E-state index contributed by atoms with van der Waals surface area (Å²) in [7, 11) is 2.20. The van der Waals surface area contributed by atoms with Crippen molar-refractivity contribution in [3.8, 4) is 0 Å². The van der Waals surface area contributed by atoms with Gasteiger partial charge in [0, 0.05) is 5.54 Å². The first-order chi connectivity index (χ1) is 8.64. The molecule has 0 bridgehead atoms. The first-order valence-electron chi connectivity index (χ1n) is 7.68. The molecule has 0 saturated carbocycles. The van der Waals surface area contributed by atoms with Gasteiger partial charge in [-0.25, -0.2) is 0 Å². The molecule has 0 amide bonds. The summed E-state index contributed by atoms with van der Waals surface area (Å²) in [5, 5.41) is 13.2. The minimum Gasteiger partial charge on any atom is -0.394 e. The first-order valence-corrected chi connectivity index (χ1v) is 7.68. The van der Waals surface area contributed by atoms with Crippen molar-refractivity contribution in [2.24, 2.45) is 0 Å². The Morgan fingerprint density at radius 2 is 1.72 bits per heavy atom. The van der Waals surface area contributed by atoms with Crippen LogP contribution in [0.25, 0.3) is 0 Å². The van der Waals surface area contributed by atoms with E-state index in [1.807, 2.05) is 0 Å². The molecular weight excluding hydrogens is 224 g/mol. The van der Waals surface area contributed by atoms with Crippen LogP contribution in [0.2, 0.25) is 0 Å². The summed E-state index contributed by atoms with van der Waals surface area (Å²) in [5.41, 5.74) is -0.0540. The second kappa shape index (κ2) is 10.8. The Kier molecular flexibility index (Phi) is 10.7. The third kappa shape index (κ3) is 7.34. The van der Waals surface area contributed by atoms with E-state index in [4.69, 9.17) is 0 Å². The summed E-state index contributed by atoms with van der Waals surface area (Å²) in [6.45, 7) is 10.1. The third-order valence-corrected chi connectivity index (χ3v) is 3.82. The van der Waals surface area contributed by atoms with Crippen molar-refractivity contribution in [3.63, 3.8) is 0 Å². The Morgan fingerprint density at radius 1 is 1.06 bits per heavy atom. The Hall–Kier alpha value is -0.120. The number of rotatable bonds is 12. The molecule has 0 aromatic rings. The highest BCUT2D eigenvalue weighted by Gasteiger charge is 2.25. The maximum absolute atomic E-state index is 9.63. The van der Waals surface area contributed by atoms with Gasteiger partial charge in [-0.15, -0.1) is 0 Å². The fraction of sp³-hybridized carbons (Fsp3) is 1.00. The van der Waals surface area contributed by atoms with E-state index in [-0.39, 0.29) is 12.1 Å². The van der Waals surface area contributed by atoms with Crippen LogP contribution in [0.15, 0.2) is 0 Å². The van der Waals surface area contributed by atoms with E-state index in [2.05, 4.69) is 38.0 Å². The van der Waals surface area contributed by atoms with Crippen LogP contribution in [0.3, 0.4) is 0 Å². The van der Waals surface area contributed by atoms with Crippen molar-refractivity contribution in [1.29, 1.82) is 0 Å². The average molecular weight is 258 g/mol. The maximum atomic E-state index is 9.63. The number of aliphatic hydroxyl groups is 1. The van der Waals surface area contributed by atoms with Gasteiger partial charge < -0.3 is 15.3 Å². The van der Waals surface area contributed by atoms with Crippen LogP contribution in [-0.2, 0) is 0 Å². The van der Waals surface area contributed by atoms with Gasteiger partial charge >= 0.3 is 0 Å². The van der Waals surface area contributed by atoms with Crippen molar-refractivity contribution in [3.05, 3.63) is 0 Å². The molecule has 1 unspecified atom stereocenters. The van der Waals surface area contributed by atoms with Gasteiger partial charge in [-0.3, -0.25) is 0 Å². The Bertz CT molecular complexity index is 181.